The first kappa shape index (κ1) is 15.1. The van der Waals surface area contributed by atoms with Crippen LogP contribution in [0.2, 0.25) is 0 Å². The normalized spacial score (nSPS) is 13.3. The third-order valence-electron chi connectivity index (χ3n) is 2.73. The smallest absolute Gasteiger partial charge is 0.311 e. The zero-order valence-electron chi connectivity index (χ0n) is 10.6. The molecule has 0 spiro atoms. The molecule has 4 heteroatoms. The summed E-state index contributed by atoms with van der Waals surface area (Å²) in [5.74, 6) is -0.228. The molecule has 0 heterocycles. The Bertz CT molecular complexity index is 245. The van der Waals surface area contributed by atoms with Gasteiger partial charge < -0.3 is 4.74 Å². The molecule has 1 N–H and O–H groups in total. The quantitative estimate of drug-likeness (QED) is 0.316. The molecule has 0 fully saturated rings. The van der Waals surface area contributed by atoms with Gasteiger partial charge in [-0.3, -0.25) is 10.1 Å². The minimum absolute atomic E-state index is 0.223. The highest BCUT2D eigenvalue weighted by Gasteiger charge is 2.27. The molecule has 0 saturated carbocycles. The molecule has 1 atom stereocenters. The Balaban J connectivity index is 3.99. The van der Waals surface area contributed by atoms with Gasteiger partial charge in [0.2, 0.25) is 0 Å². The van der Waals surface area contributed by atoms with Gasteiger partial charge in [-0.05, 0) is 32.8 Å². The lowest BCUT2D eigenvalue weighted by atomic mass is 9.91. The fourth-order valence-corrected chi connectivity index (χ4v) is 0.987. The van der Waals surface area contributed by atoms with E-state index in [1.165, 1.54) is 0 Å². The molecule has 0 amide bonds. The summed E-state index contributed by atoms with van der Waals surface area (Å²) in [5.41, 5.74) is 0.243. The van der Waals surface area contributed by atoms with Gasteiger partial charge in [-0.25, -0.2) is 4.89 Å². The molecule has 0 rings (SSSR count). The van der Waals surface area contributed by atoms with E-state index in [4.69, 9.17) is 9.99 Å². The number of esters is 1. The fourth-order valence-electron chi connectivity index (χ4n) is 0.987. The van der Waals surface area contributed by atoms with Crippen LogP contribution < -0.4 is 0 Å². The standard InChI is InChI=1S/C12H22O4/c1-6-12(4,5)11(13)15-8-7-10(16-14)9(2)3/h10,14H,2,6-8H2,1,3-5H3. The second-order valence-corrected chi connectivity index (χ2v) is 4.60. The summed E-state index contributed by atoms with van der Waals surface area (Å²) in [6.07, 6.45) is 0.668. The lowest BCUT2D eigenvalue weighted by Gasteiger charge is -2.21. The molecule has 0 aromatic rings. The second kappa shape index (κ2) is 6.66. The Morgan fingerprint density at radius 2 is 2.06 bits per heavy atom. The van der Waals surface area contributed by atoms with Crippen molar-refractivity contribution in [3.05, 3.63) is 12.2 Å². The van der Waals surface area contributed by atoms with Gasteiger partial charge in [0.25, 0.3) is 0 Å². The Hall–Kier alpha value is -0.870. The van der Waals surface area contributed by atoms with Crippen LogP contribution in [-0.4, -0.2) is 23.9 Å². The summed E-state index contributed by atoms with van der Waals surface area (Å²) in [4.78, 5) is 15.8. The van der Waals surface area contributed by atoms with Crippen molar-refractivity contribution in [3.63, 3.8) is 0 Å². The Labute approximate surface area is 97.2 Å². The van der Waals surface area contributed by atoms with Crippen LogP contribution in [-0.2, 0) is 14.4 Å². The van der Waals surface area contributed by atoms with Gasteiger partial charge in [-0.2, -0.15) is 0 Å². The molecule has 94 valence electrons. The summed E-state index contributed by atoms with van der Waals surface area (Å²) in [6, 6.07) is 0. The van der Waals surface area contributed by atoms with Crippen molar-refractivity contribution in [1.82, 2.24) is 0 Å². The van der Waals surface area contributed by atoms with Gasteiger partial charge >= 0.3 is 5.97 Å². The molecule has 0 aliphatic rings. The first-order valence-electron chi connectivity index (χ1n) is 5.48. The lowest BCUT2D eigenvalue weighted by molar-refractivity contribution is -0.271. The maximum absolute atomic E-state index is 11.6. The van der Waals surface area contributed by atoms with E-state index in [9.17, 15) is 4.79 Å². The van der Waals surface area contributed by atoms with Crippen molar-refractivity contribution in [2.24, 2.45) is 5.41 Å². The van der Waals surface area contributed by atoms with Crippen LogP contribution >= 0.6 is 0 Å². The molecule has 0 saturated heterocycles. The molecule has 0 radical (unpaired) electrons. The first-order valence-corrected chi connectivity index (χ1v) is 5.48. The number of carbonyl (C=O) groups excluding carboxylic acids is 1. The van der Waals surface area contributed by atoms with Gasteiger partial charge in [0.05, 0.1) is 12.0 Å². The maximum Gasteiger partial charge on any atom is 0.311 e. The Morgan fingerprint density at radius 1 is 1.50 bits per heavy atom. The van der Waals surface area contributed by atoms with E-state index in [1.807, 2.05) is 20.8 Å². The van der Waals surface area contributed by atoms with Crippen LogP contribution in [0.1, 0.15) is 40.5 Å². The molecule has 0 aromatic heterocycles. The zero-order chi connectivity index (χ0) is 12.8. The van der Waals surface area contributed by atoms with Crippen LogP contribution in [0.3, 0.4) is 0 Å². The third kappa shape index (κ3) is 4.77. The van der Waals surface area contributed by atoms with E-state index >= 15 is 0 Å². The van der Waals surface area contributed by atoms with Gasteiger partial charge in [0, 0.05) is 6.42 Å². The third-order valence-corrected chi connectivity index (χ3v) is 2.73. The lowest BCUT2D eigenvalue weighted by Crippen LogP contribution is -2.27. The molecule has 0 aliphatic carbocycles. The van der Waals surface area contributed by atoms with Crippen molar-refractivity contribution < 1.29 is 19.7 Å². The topological polar surface area (TPSA) is 55.8 Å². The summed E-state index contributed by atoms with van der Waals surface area (Å²) in [5, 5.41) is 8.57. The van der Waals surface area contributed by atoms with E-state index in [1.54, 1.807) is 6.92 Å². The predicted octanol–water partition coefficient (Wildman–Crippen LogP) is 2.79. The summed E-state index contributed by atoms with van der Waals surface area (Å²) >= 11 is 0. The van der Waals surface area contributed by atoms with Crippen LogP contribution in [0.25, 0.3) is 0 Å². The van der Waals surface area contributed by atoms with E-state index in [0.29, 0.717) is 12.0 Å². The highest BCUT2D eigenvalue weighted by atomic mass is 17.1. The average Bonchev–Trinajstić information content (AvgIpc) is 2.23. The predicted molar refractivity (Wildman–Crippen MR) is 62.0 cm³/mol. The van der Waals surface area contributed by atoms with Crippen molar-refractivity contribution in [2.75, 3.05) is 6.61 Å². The minimum Gasteiger partial charge on any atom is -0.465 e. The van der Waals surface area contributed by atoms with Crippen molar-refractivity contribution in [1.29, 1.82) is 0 Å². The number of hydrogen-bond acceptors (Lipinski definition) is 4. The van der Waals surface area contributed by atoms with Crippen LogP contribution in [0.5, 0.6) is 0 Å². The minimum atomic E-state index is -0.475. The van der Waals surface area contributed by atoms with E-state index in [2.05, 4.69) is 11.5 Å². The van der Waals surface area contributed by atoms with Gasteiger partial charge in [0.1, 0.15) is 6.10 Å². The summed E-state index contributed by atoms with van der Waals surface area (Å²) < 4.78 is 5.11. The van der Waals surface area contributed by atoms with Crippen molar-refractivity contribution >= 4 is 5.97 Å². The summed E-state index contributed by atoms with van der Waals surface area (Å²) in [7, 11) is 0. The fraction of sp³-hybridized carbons (Fsp3) is 0.750. The SMILES string of the molecule is C=C(C)C(CCOC(=O)C(C)(C)CC)OO. The van der Waals surface area contributed by atoms with Crippen molar-refractivity contribution in [2.45, 2.75) is 46.6 Å². The highest BCUT2D eigenvalue weighted by Crippen LogP contribution is 2.21. The number of ether oxygens (including phenoxy) is 1. The van der Waals surface area contributed by atoms with Crippen LogP contribution in [0, 0.1) is 5.41 Å². The van der Waals surface area contributed by atoms with Crippen LogP contribution in [0.15, 0.2) is 12.2 Å². The molecule has 4 nitrogen and oxygen atoms in total. The molecule has 0 bridgehead atoms. The number of carbonyl (C=O) groups is 1. The highest BCUT2D eigenvalue weighted by molar-refractivity contribution is 5.75. The summed E-state index contributed by atoms with van der Waals surface area (Å²) in [6.45, 7) is 11.3. The van der Waals surface area contributed by atoms with Crippen molar-refractivity contribution in [3.8, 4) is 0 Å². The average molecular weight is 230 g/mol. The number of rotatable bonds is 7. The van der Waals surface area contributed by atoms with E-state index in [0.717, 1.165) is 6.42 Å². The zero-order valence-corrected chi connectivity index (χ0v) is 10.6. The van der Waals surface area contributed by atoms with E-state index in [-0.39, 0.29) is 12.6 Å². The van der Waals surface area contributed by atoms with E-state index < -0.39 is 11.5 Å². The molecule has 16 heavy (non-hydrogen) atoms. The monoisotopic (exact) mass is 230 g/mol. The molecular weight excluding hydrogens is 208 g/mol. The molecule has 0 aliphatic heterocycles. The van der Waals surface area contributed by atoms with Gasteiger partial charge in [-0.1, -0.05) is 13.5 Å². The molecule has 1 unspecified atom stereocenters. The number of hydrogen-bond donors (Lipinski definition) is 1. The second-order valence-electron chi connectivity index (χ2n) is 4.60. The Morgan fingerprint density at radius 3 is 2.44 bits per heavy atom. The largest absolute Gasteiger partial charge is 0.465 e. The maximum atomic E-state index is 11.6. The Kier molecular flexibility index (Phi) is 6.29. The molecular formula is C12H22O4. The first-order chi connectivity index (χ1) is 7.35. The van der Waals surface area contributed by atoms with Gasteiger partial charge in [0.15, 0.2) is 0 Å². The van der Waals surface area contributed by atoms with Gasteiger partial charge in [-0.15, -0.1) is 0 Å². The molecule has 0 aromatic carbocycles. The van der Waals surface area contributed by atoms with Crippen LogP contribution in [0.4, 0.5) is 0 Å².